The van der Waals surface area contributed by atoms with Crippen LogP contribution < -0.4 is 0 Å². The van der Waals surface area contributed by atoms with Crippen LogP contribution in [0.3, 0.4) is 0 Å². The lowest BCUT2D eigenvalue weighted by Gasteiger charge is -2.09. The maximum absolute atomic E-state index is 11.4. The van der Waals surface area contributed by atoms with Crippen LogP contribution in [0.1, 0.15) is 26.3 Å². The zero-order chi connectivity index (χ0) is 12.3. The summed E-state index contributed by atoms with van der Waals surface area (Å²) in [5, 5.41) is 9.77. The van der Waals surface area contributed by atoms with E-state index < -0.39 is 17.7 Å². The molecule has 5 heteroatoms. The Morgan fingerprint density at radius 2 is 1.69 bits per heavy atom. The molecule has 0 radical (unpaired) electrons. The fourth-order valence-electron chi connectivity index (χ4n) is 1.33. The summed E-state index contributed by atoms with van der Waals surface area (Å²) >= 11 is 0. The molecule has 0 unspecified atom stereocenters. The number of carbonyl (C=O) groups excluding carboxylic acids is 2. The number of benzene rings is 1. The van der Waals surface area contributed by atoms with Gasteiger partial charge in [0.15, 0.2) is 0 Å². The highest BCUT2D eigenvalue weighted by Gasteiger charge is 2.21. The van der Waals surface area contributed by atoms with Crippen molar-refractivity contribution in [2.75, 3.05) is 14.2 Å². The van der Waals surface area contributed by atoms with E-state index in [1.165, 1.54) is 26.4 Å². The lowest BCUT2D eigenvalue weighted by molar-refractivity contribution is 0.0592. The van der Waals surface area contributed by atoms with E-state index in [-0.39, 0.29) is 11.1 Å². The first kappa shape index (κ1) is 12.0. The van der Waals surface area contributed by atoms with E-state index >= 15 is 0 Å². The highest BCUT2D eigenvalue weighted by atomic mass is 16.5. The molecule has 1 N–H and O–H groups in total. The van der Waals surface area contributed by atoms with Crippen molar-refractivity contribution in [2.24, 2.45) is 0 Å². The second-order valence-corrected chi connectivity index (χ2v) is 3.14. The summed E-state index contributed by atoms with van der Waals surface area (Å²) < 4.78 is 8.99. The van der Waals surface area contributed by atoms with Gasteiger partial charge in [0, 0.05) is 0 Å². The number of aromatic hydroxyl groups is 1. The molecule has 16 heavy (non-hydrogen) atoms. The van der Waals surface area contributed by atoms with Gasteiger partial charge >= 0.3 is 11.9 Å². The molecule has 1 aromatic rings. The molecule has 0 saturated heterocycles. The number of hydrogen-bond donors (Lipinski definition) is 1. The standard InChI is InChI=1S/C11H12O5/c1-6-4-5-7(10(13)15-2)9(12)8(6)11(14)16-3/h4-5,12H,1-3H3. The summed E-state index contributed by atoms with van der Waals surface area (Å²) in [6.07, 6.45) is 0. The predicted molar refractivity (Wildman–Crippen MR) is 55.5 cm³/mol. The van der Waals surface area contributed by atoms with E-state index in [0.717, 1.165) is 0 Å². The number of hydrogen-bond acceptors (Lipinski definition) is 5. The van der Waals surface area contributed by atoms with Crippen LogP contribution in [0.15, 0.2) is 12.1 Å². The minimum atomic E-state index is -0.706. The molecule has 0 heterocycles. The monoisotopic (exact) mass is 224 g/mol. The minimum absolute atomic E-state index is 0.0228. The van der Waals surface area contributed by atoms with Crippen molar-refractivity contribution in [3.8, 4) is 5.75 Å². The van der Waals surface area contributed by atoms with Crippen molar-refractivity contribution in [2.45, 2.75) is 6.92 Å². The van der Waals surface area contributed by atoms with E-state index in [0.29, 0.717) is 5.56 Å². The Morgan fingerprint density at radius 1 is 1.12 bits per heavy atom. The smallest absolute Gasteiger partial charge is 0.341 e. The molecule has 0 aromatic heterocycles. The lowest BCUT2D eigenvalue weighted by Crippen LogP contribution is -2.09. The van der Waals surface area contributed by atoms with E-state index in [1.807, 2.05) is 0 Å². The second kappa shape index (κ2) is 4.65. The van der Waals surface area contributed by atoms with Crippen molar-refractivity contribution >= 4 is 11.9 Å². The number of phenols is 1. The van der Waals surface area contributed by atoms with Crippen LogP contribution in [0.2, 0.25) is 0 Å². The van der Waals surface area contributed by atoms with Crippen LogP contribution in [0, 0.1) is 6.92 Å². The number of esters is 2. The number of rotatable bonds is 2. The molecular formula is C11H12O5. The molecule has 0 aliphatic rings. The first-order valence-electron chi connectivity index (χ1n) is 4.52. The molecule has 86 valence electrons. The van der Waals surface area contributed by atoms with Gasteiger partial charge in [0.05, 0.1) is 14.2 Å². The third-order valence-electron chi connectivity index (χ3n) is 2.18. The molecule has 0 atom stereocenters. The number of methoxy groups -OCH3 is 2. The van der Waals surface area contributed by atoms with Gasteiger partial charge in [-0.15, -0.1) is 0 Å². The van der Waals surface area contributed by atoms with Crippen molar-refractivity contribution < 1.29 is 24.2 Å². The molecule has 0 aliphatic carbocycles. The SMILES string of the molecule is COC(=O)c1ccc(C)c(C(=O)OC)c1O. The summed E-state index contributed by atoms with van der Waals surface area (Å²) in [4.78, 5) is 22.7. The fourth-order valence-corrected chi connectivity index (χ4v) is 1.33. The molecule has 0 spiro atoms. The topological polar surface area (TPSA) is 72.8 Å². The van der Waals surface area contributed by atoms with Gasteiger partial charge in [-0.2, -0.15) is 0 Å². The zero-order valence-electron chi connectivity index (χ0n) is 9.23. The highest BCUT2D eigenvalue weighted by molar-refractivity contribution is 6.00. The average Bonchev–Trinajstić information content (AvgIpc) is 2.28. The maximum atomic E-state index is 11.4. The summed E-state index contributed by atoms with van der Waals surface area (Å²) in [5.74, 6) is -1.82. The molecule has 0 fully saturated rings. The Kier molecular flexibility index (Phi) is 3.50. The molecule has 0 saturated carbocycles. The van der Waals surface area contributed by atoms with Crippen LogP contribution >= 0.6 is 0 Å². The third kappa shape index (κ3) is 1.98. The number of carbonyl (C=O) groups is 2. The first-order chi connectivity index (χ1) is 7.52. The molecular weight excluding hydrogens is 212 g/mol. The van der Waals surface area contributed by atoms with E-state index in [4.69, 9.17) is 0 Å². The van der Waals surface area contributed by atoms with Gasteiger partial charge in [0.2, 0.25) is 0 Å². The van der Waals surface area contributed by atoms with Crippen LogP contribution in [-0.4, -0.2) is 31.3 Å². The fraction of sp³-hybridized carbons (Fsp3) is 0.273. The van der Waals surface area contributed by atoms with Gasteiger partial charge in [-0.3, -0.25) is 0 Å². The zero-order valence-corrected chi connectivity index (χ0v) is 9.23. The summed E-state index contributed by atoms with van der Waals surface area (Å²) in [7, 11) is 2.39. The molecule has 1 aromatic carbocycles. The largest absolute Gasteiger partial charge is 0.506 e. The Hall–Kier alpha value is -2.04. The van der Waals surface area contributed by atoms with Gasteiger partial charge in [0.25, 0.3) is 0 Å². The Morgan fingerprint density at radius 3 is 2.19 bits per heavy atom. The normalized spacial score (nSPS) is 9.69. The molecule has 0 aliphatic heterocycles. The number of aryl methyl sites for hydroxylation is 1. The quantitative estimate of drug-likeness (QED) is 0.766. The average molecular weight is 224 g/mol. The van der Waals surface area contributed by atoms with E-state index in [2.05, 4.69) is 9.47 Å². The minimum Gasteiger partial charge on any atom is -0.506 e. The van der Waals surface area contributed by atoms with Crippen molar-refractivity contribution in [1.29, 1.82) is 0 Å². The molecule has 0 bridgehead atoms. The maximum Gasteiger partial charge on any atom is 0.341 e. The van der Waals surface area contributed by atoms with Gasteiger partial charge in [0.1, 0.15) is 16.9 Å². The van der Waals surface area contributed by atoms with Gasteiger partial charge in [-0.25, -0.2) is 9.59 Å². The van der Waals surface area contributed by atoms with Crippen LogP contribution in [0.25, 0.3) is 0 Å². The molecule has 0 amide bonds. The lowest BCUT2D eigenvalue weighted by atomic mass is 10.0. The van der Waals surface area contributed by atoms with Gasteiger partial charge in [-0.1, -0.05) is 6.07 Å². The van der Waals surface area contributed by atoms with E-state index in [1.54, 1.807) is 6.92 Å². The Labute approximate surface area is 92.6 Å². The van der Waals surface area contributed by atoms with Crippen LogP contribution in [0.5, 0.6) is 5.75 Å². The highest BCUT2D eigenvalue weighted by Crippen LogP contribution is 2.27. The Bertz CT molecular complexity index is 436. The Balaban J connectivity index is 3.38. The number of ether oxygens (including phenoxy) is 2. The van der Waals surface area contributed by atoms with E-state index in [9.17, 15) is 14.7 Å². The van der Waals surface area contributed by atoms with Gasteiger partial charge < -0.3 is 14.6 Å². The predicted octanol–water partition coefficient (Wildman–Crippen LogP) is 1.27. The third-order valence-corrected chi connectivity index (χ3v) is 2.18. The van der Waals surface area contributed by atoms with Crippen molar-refractivity contribution in [1.82, 2.24) is 0 Å². The van der Waals surface area contributed by atoms with Gasteiger partial charge in [-0.05, 0) is 18.6 Å². The second-order valence-electron chi connectivity index (χ2n) is 3.14. The summed E-state index contributed by atoms with van der Waals surface area (Å²) in [6.45, 7) is 1.63. The van der Waals surface area contributed by atoms with Crippen LogP contribution in [-0.2, 0) is 9.47 Å². The number of phenolic OH excluding ortho intramolecular Hbond substituents is 1. The molecule has 1 rings (SSSR count). The molecule has 5 nitrogen and oxygen atoms in total. The van der Waals surface area contributed by atoms with Crippen molar-refractivity contribution in [3.05, 3.63) is 28.8 Å². The summed E-state index contributed by atoms with van der Waals surface area (Å²) in [5.41, 5.74) is 0.441. The summed E-state index contributed by atoms with van der Waals surface area (Å²) in [6, 6.07) is 2.93. The van der Waals surface area contributed by atoms with Crippen LogP contribution in [0.4, 0.5) is 0 Å². The first-order valence-corrected chi connectivity index (χ1v) is 4.52. The van der Waals surface area contributed by atoms with Crippen molar-refractivity contribution in [3.63, 3.8) is 0 Å².